The van der Waals surface area contributed by atoms with Crippen LogP contribution in [-0.4, -0.2) is 54.8 Å². The lowest BCUT2D eigenvalue weighted by molar-refractivity contribution is -0.136. The van der Waals surface area contributed by atoms with Gasteiger partial charge in [-0.05, 0) is 70.4 Å². The first-order valence-electron chi connectivity index (χ1n) is 12.6. The van der Waals surface area contributed by atoms with Crippen LogP contribution in [0.5, 0.6) is 0 Å². The number of amides is 1. The highest BCUT2D eigenvalue weighted by Crippen LogP contribution is 2.23. The number of rotatable bonds is 11. The van der Waals surface area contributed by atoms with Gasteiger partial charge in [-0.15, -0.1) is 5.10 Å². The Morgan fingerprint density at radius 3 is 2.73 bits per heavy atom. The summed E-state index contributed by atoms with van der Waals surface area (Å²) in [5.74, 6) is -1.16. The van der Waals surface area contributed by atoms with E-state index in [4.69, 9.17) is 11.6 Å². The number of nitrogens with zero attached hydrogens (tertiary/aromatic N) is 4. The number of tetrazole rings is 1. The molecule has 40 heavy (non-hydrogen) atoms. The van der Waals surface area contributed by atoms with E-state index >= 15 is 0 Å². The van der Waals surface area contributed by atoms with E-state index in [2.05, 4.69) is 31.1 Å². The topological polar surface area (TPSA) is 138 Å². The standard InChI is InChI=1S/C29H26ClN7O3/c30-22-7-10-27(37-18-33-35-36-37)20(13-22)6-11-28(38)34-24(12-19-4-2-1-3-5-19)17-31-23-8-9-26-25(15-23)21(16-32-26)14-29(39)40/h1-11,13,15-16,18,24,31-32H,12,14,17H2,(H,34,38)(H,39,40). The molecule has 1 amide bonds. The molecule has 0 aliphatic rings. The van der Waals surface area contributed by atoms with Gasteiger partial charge in [0.2, 0.25) is 5.91 Å². The molecule has 0 saturated heterocycles. The summed E-state index contributed by atoms with van der Waals surface area (Å²) in [6.45, 7) is 0.450. The van der Waals surface area contributed by atoms with Gasteiger partial charge in [-0.1, -0.05) is 41.9 Å². The zero-order valence-corrected chi connectivity index (χ0v) is 22.0. The molecule has 4 N–H and O–H groups in total. The monoisotopic (exact) mass is 555 g/mol. The van der Waals surface area contributed by atoms with Gasteiger partial charge < -0.3 is 20.7 Å². The number of fused-ring (bicyclic) bond motifs is 1. The van der Waals surface area contributed by atoms with Gasteiger partial charge in [0.1, 0.15) is 6.33 Å². The van der Waals surface area contributed by atoms with Crippen LogP contribution in [0.15, 0.2) is 85.3 Å². The number of aromatic amines is 1. The van der Waals surface area contributed by atoms with E-state index in [9.17, 15) is 14.7 Å². The molecular formula is C29H26ClN7O3. The Kier molecular flexibility index (Phi) is 8.17. The van der Waals surface area contributed by atoms with Gasteiger partial charge in [0, 0.05) is 46.0 Å². The average molecular weight is 556 g/mol. The highest BCUT2D eigenvalue weighted by molar-refractivity contribution is 6.30. The zero-order valence-electron chi connectivity index (χ0n) is 21.3. The van der Waals surface area contributed by atoms with Crippen molar-refractivity contribution in [2.24, 2.45) is 0 Å². The Balaban J connectivity index is 1.31. The molecular weight excluding hydrogens is 530 g/mol. The van der Waals surface area contributed by atoms with Crippen LogP contribution in [-0.2, 0) is 22.4 Å². The molecule has 0 radical (unpaired) electrons. The van der Waals surface area contributed by atoms with Crippen LogP contribution >= 0.6 is 11.6 Å². The van der Waals surface area contributed by atoms with Crippen molar-refractivity contribution in [3.05, 3.63) is 107 Å². The summed E-state index contributed by atoms with van der Waals surface area (Å²) in [4.78, 5) is 27.4. The predicted octanol–water partition coefficient (Wildman–Crippen LogP) is 4.28. The molecule has 11 heteroatoms. The number of hydrogen-bond donors (Lipinski definition) is 4. The van der Waals surface area contributed by atoms with Gasteiger partial charge in [-0.25, -0.2) is 0 Å². The van der Waals surface area contributed by atoms with Crippen LogP contribution in [0.1, 0.15) is 16.7 Å². The highest BCUT2D eigenvalue weighted by Gasteiger charge is 2.14. The van der Waals surface area contributed by atoms with Crippen LogP contribution < -0.4 is 10.6 Å². The van der Waals surface area contributed by atoms with E-state index in [0.29, 0.717) is 34.8 Å². The molecule has 5 rings (SSSR count). The summed E-state index contributed by atoms with van der Waals surface area (Å²) in [5, 5.41) is 28.3. The van der Waals surface area contributed by atoms with E-state index in [1.54, 1.807) is 30.5 Å². The molecule has 0 spiro atoms. The lowest BCUT2D eigenvalue weighted by atomic mass is 10.1. The molecule has 0 aliphatic carbocycles. The van der Waals surface area contributed by atoms with E-state index in [1.165, 1.54) is 17.1 Å². The Labute approximate surface area is 234 Å². The number of carbonyl (C=O) groups is 2. The van der Waals surface area contributed by atoms with Gasteiger partial charge in [-0.2, -0.15) is 4.68 Å². The summed E-state index contributed by atoms with van der Waals surface area (Å²) in [6, 6.07) is 20.7. The molecule has 0 saturated carbocycles. The number of benzene rings is 3. The Bertz CT molecular complexity index is 1650. The van der Waals surface area contributed by atoms with E-state index < -0.39 is 5.97 Å². The zero-order chi connectivity index (χ0) is 27.9. The van der Waals surface area contributed by atoms with Gasteiger partial charge >= 0.3 is 5.97 Å². The second-order valence-electron chi connectivity index (χ2n) is 9.21. The molecule has 202 valence electrons. The van der Waals surface area contributed by atoms with Crippen molar-refractivity contribution < 1.29 is 14.7 Å². The van der Waals surface area contributed by atoms with E-state index in [0.717, 1.165) is 22.2 Å². The highest BCUT2D eigenvalue weighted by atomic mass is 35.5. The van der Waals surface area contributed by atoms with Crippen LogP contribution in [0.25, 0.3) is 22.7 Å². The molecule has 0 bridgehead atoms. The minimum absolute atomic E-state index is 0.0652. The van der Waals surface area contributed by atoms with Crippen molar-refractivity contribution >= 4 is 46.1 Å². The van der Waals surface area contributed by atoms with Gasteiger partial charge in [-0.3, -0.25) is 9.59 Å². The fraction of sp³-hybridized carbons (Fsp3) is 0.138. The largest absolute Gasteiger partial charge is 0.481 e. The Morgan fingerprint density at radius 2 is 1.95 bits per heavy atom. The third-order valence-electron chi connectivity index (χ3n) is 6.33. The third kappa shape index (κ3) is 6.72. The fourth-order valence-corrected chi connectivity index (χ4v) is 4.65. The molecule has 2 aromatic heterocycles. The van der Waals surface area contributed by atoms with Gasteiger partial charge in [0.05, 0.1) is 18.2 Å². The SMILES string of the molecule is O=C(O)Cc1c[nH]c2ccc(NCC(Cc3ccccc3)NC(=O)C=Cc3cc(Cl)ccc3-n3cnnn3)cc12. The minimum Gasteiger partial charge on any atom is -0.481 e. The number of anilines is 1. The Morgan fingerprint density at radius 1 is 1.10 bits per heavy atom. The number of H-pyrrole nitrogens is 1. The first-order chi connectivity index (χ1) is 19.4. The first kappa shape index (κ1) is 26.6. The quantitative estimate of drug-likeness (QED) is 0.178. The van der Waals surface area contributed by atoms with Crippen molar-refractivity contribution in [3.63, 3.8) is 0 Å². The summed E-state index contributed by atoms with van der Waals surface area (Å²) >= 11 is 6.20. The van der Waals surface area contributed by atoms with Crippen LogP contribution in [0.4, 0.5) is 5.69 Å². The Hall–Kier alpha value is -4.96. The van der Waals surface area contributed by atoms with E-state index in [-0.39, 0.29) is 18.4 Å². The van der Waals surface area contributed by atoms with Crippen LogP contribution in [0.2, 0.25) is 5.02 Å². The summed E-state index contributed by atoms with van der Waals surface area (Å²) in [5.41, 5.74) is 4.86. The van der Waals surface area contributed by atoms with Crippen LogP contribution in [0, 0.1) is 0 Å². The fourth-order valence-electron chi connectivity index (χ4n) is 4.47. The molecule has 1 unspecified atom stereocenters. The summed E-state index contributed by atoms with van der Waals surface area (Å²) in [6.07, 6.45) is 6.87. The third-order valence-corrected chi connectivity index (χ3v) is 6.57. The number of carboxylic acid groups (broad SMARTS) is 1. The van der Waals surface area contributed by atoms with Gasteiger partial charge in [0.25, 0.3) is 0 Å². The van der Waals surface area contributed by atoms with Crippen molar-refractivity contribution in [1.82, 2.24) is 30.5 Å². The first-order valence-corrected chi connectivity index (χ1v) is 12.9. The van der Waals surface area contributed by atoms with Crippen molar-refractivity contribution in [2.75, 3.05) is 11.9 Å². The number of hydrogen-bond acceptors (Lipinski definition) is 6. The molecule has 1 atom stereocenters. The normalized spacial score (nSPS) is 12.0. The minimum atomic E-state index is -0.888. The predicted molar refractivity (Wildman–Crippen MR) is 153 cm³/mol. The lowest BCUT2D eigenvalue weighted by Crippen LogP contribution is -2.40. The second-order valence-corrected chi connectivity index (χ2v) is 9.65. The van der Waals surface area contributed by atoms with Crippen molar-refractivity contribution in [1.29, 1.82) is 0 Å². The smallest absolute Gasteiger partial charge is 0.307 e. The maximum atomic E-state index is 13.0. The number of aliphatic carboxylic acids is 1. The lowest BCUT2D eigenvalue weighted by Gasteiger charge is -2.20. The molecule has 0 fully saturated rings. The van der Waals surface area contributed by atoms with Crippen LogP contribution in [0.3, 0.4) is 0 Å². The molecule has 2 heterocycles. The molecule has 0 aliphatic heterocycles. The van der Waals surface area contributed by atoms with Crippen molar-refractivity contribution in [3.8, 4) is 5.69 Å². The number of aromatic nitrogens is 5. The number of nitrogens with one attached hydrogen (secondary N) is 3. The summed E-state index contributed by atoms with van der Waals surface area (Å²) in [7, 11) is 0. The summed E-state index contributed by atoms with van der Waals surface area (Å²) < 4.78 is 1.50. The number of carboxylic acids is 1. The molecule has 5 aromatic rings. The number of carbonyl (C=O) groups excluding carboxylic acids is 1. The second kappa shape index (κ2) is 12.3. The molecule has 10 nitrogen and oxygen atoms in total. The average Bonchev–Trinajstić information content (AvgIpc) is 3.61. The maximum Gasteiger partial charge on any atom is 0.307 e. The van der Waals surface area contributed by atoms with Crippen molar-refractivity contribution in [2.45, 2.75) is 18.9 Å². The van der Waals surface area contributed by atoms with Gasteiger partial charge in [0.15, 0.2) is 0 Å². The maximum absolute atomic E-state index is 13.0. The number of halogens is 1. The van der Waals surface area contributed by atoms with E-state index in [1.807, 2.05) is 48.5 Å². The molecule has 3 aromatic carbocycles.